The molecule has 0 bridgehead atoms. The molecule has 0 aliphatic rings. The highest BCUT2D eigenvalue weighted by Gasteiger charge is 2.01. The van der Waals surface area contributed by atoms with Gasteiger partial charge in [-0.3, -0.25) is 0 Å². The molecule has 0 aliphatic carbocycles. The molecular weight excluding hydrogens is 222 g/mol. The van der Waals surface area contributed by atoms with E-state index in [1.807, 2.05) is 24.3 Å². The van der Waals surface area contributed by atoms with Crippen LogP contribution in [0.15, 0.2) is 24.3 Å². The Kier molecular flexibility index (Phi) is 7.72. The van der Waals surface area contributed by atoms with Gasteiger partial charge in [0.05, 0.1) is 19.1 Å². The molecule has 1 rings (SSSR count). The maximum absolute atomic E-state index is 8.73. The van der Waals surface area contributed by atoms with Crippen LogP contribution in [0.2, 0.25) is 0 Å². The summed E-state index contributed by atoms with van der Waals surface area (Å²) in [6.07, 6.45) is 8.03. The van der Waals surface area contributed by atoms with E-state index >= 15 is 0 Å². The average Bonchev–Trinajstić information content (AvgIpc) is 2.40. The maximum atomic E-state index is 8.73. The summed E-state index contributed by atoms with van der Waals surface area (Å²) in [5.41, 5.74) is 0.992. The van der Waals surface area contributed by atoms with Crippen LogP contribution >= 0.6 is 0 Å². The third kappa shape index (κ3) is 5.72. The van der Waals surface area contributed by atoms with Gasteiger partial charge in [0.15, 0.2) is 0 Å². The maximum Gasteiger partial charge on any atom is 0.123 e. The molecule has 0 heterocycles. The Morgan fingerprint density at radius 2 is 1.78 bits per heavy atom. The Labute approximate surface area is 111 Å². The van der Waals surface area contributed by atoms with Gasteiger partial charge in [0.2, 0.25) is 0 Å². The van der Waals surface area contributed by atoms with Crippen LogP contribution in [0.4, 0.5) is 0 Å². The Morgan fingerprint density at radius 3 is 2.56 bits per heavy atom. The molecule has 0 saturated carbocycles. The van der Waals surface area contributed by atoms with Crippen LogP contribution in [0.1, 0.15) is 51.0 Å². The molecule has 98 valence electrons. The van der Waals surface area contributed by atoms with Gasteiger partial charge in [0.1, 0.15) is 5.75 Å². The molecule has 0 aromatic heterocycles. The second kappa shape index (κ2) is 9.53. The van der Waals surface area contributed by atoms with Crippen molar-refractivity contribution in [3.05, 3.63) is 29.8 Å². The quantitative estimate of drug-likeness (QED) is 0.600. The number of unbranched alkanes of at least 4 members (excludes halogenated alkanes) is 5. The summed E-state index contributed by atoms with van der Waals surface area (Å²) in [7, 11) is 0. The number of hydrogen-bond donors (Lipinski definition) is 0. The largest absolute Gasteiger partial charge is 0.493 e. The van der Waals surface area contributed by atoms with E-state index in [2.05, 4.69) is 13.0 Å². The molecule has 0 radical (unpaired) electrons. The zero-order valence-electron chi connectivity index (χ0n) is 11.3. The molecule has 0 unspecified atom stereocenters. The van der Waals surface area contributed by atoms with Crippen molar-refractivity contribution >= 4 is 0 Å². The van der Waals surface area contributed by atoms with Crippen molar-refractivity contribution in [3.8, 4) is 11.8 Å². The average molecular weight is 245 g/mol. The van der Waals surface area contributed by atoms with E-state index in [0.29, 0.717) is 6.42 Å². The number of benzene rings is 1. The predicted molar refractivity (Wildman–Crippen MR) is 74.6 cm³/mol. The molecule has 0 saturated heterocycles. The van der Waals surface area contributed by atoms with Crippen molar-refractivity contribution in [2.75, 3.05) is 6.61 Å². The van der Waals surface area contributed by atoms with Crippen LogP contribution in [-0.2, 0) is 6.42 Å². The topological polar surface area (TPSA) is 33.0 Å². The molecule has 0 N–H and O–H groups in total. The van der Waals surface area contributed by atoms with Crippen LogP contribution < -0.4 is 4.74 Å². The normalized spacial score (nSPS) is 10.0. The first-order valence-corrected chi connectivity index (χ1v) is 6.96. The van der Waals surface area contributed by atoms with E-state index in [1.165, 1.54) is 32.1 Å². The van der Waals surface area contributed by atoms with Crippen LogP contribution in [0, 0.1) is 11.3 Å². The minimum Gasteiger partial charge on any atom is -0.493 e. The van der Waals surface area contributed by atoms with E-state index < -0.39 is 0 Å². The van der Waals surface area contributed by atoms with Crippen molar-refractivity contribution in [1.29, 1.82) is 5.26 Å². The minimum atomic E-state index is 0.423. The SMILES string of the molecule is CCCCCCCCOc1ccccc1CC#N. The van der Waals surface area contributed by atoms with E-state index in [9.17, 15) is 0 Å². The third-order valence-corrected chi connectivity index (χ3v) is 3.00. The lowest BCUT2D eigenvalue weighted by Crippen LogP contribution is -2.00. The first kappa shape index (κ1) is 14.6. The molecule has 0 spiro atoms. The van der Waals surface area contributed by atoms with Gasteiger partial charge >= 0.3 is 0 Å². The zero-order chi connectivity index (χ0) is 13.1. The van der Waals surface area contributed by atoms with Crippen LogP contribution in [0.5, 0.6) is 5.75 Å². The summed E-state index contributed by atoms with van der Waals surface area (Å²) in [6.45, 7) is 2.99. The summed E-state index contributed by atoms with van der Waals surface area (Å²) in [5, 5.41) is 8.73. The van der Waals surface area contributed by atoms with Crippen LogP contribution in [0.25, 0.3) is 0 Å². The number of ether oxygens (including phenoxy) is 1. The molecule has 1 aromatic carbocycles. The molecular formula is C16H23NO. The first-order valence-electron chi connectivity index (χ1n) is 6.96. The van der Waals surface area contributed by atoms with E-state index in [4.69, 9.17) is 10.00 Å². The summed E-state index contributed by atoms with van der Waals surface area (Å²) in [4.78, 5) is 0. The Hall–Kier alpha value is -1.49. The smallest absolute Gasteiger partial charge is 0.123 e. The zero-order valence-corrected chi connectivity index (χ0v) is 11.3. The highest BCUT2D eigenvalue weighted by molar-refractivity contribution is 5.35. The summed E-state index contributed by atoms with van der Waals surface area (Å²) in [5.74, 6) is 0.868. The second-order valence-electron chi connectivity index (χ2n) is 4.56. The van der Waals surface area contributed by atoms with Gasteiger partial charge in [-0.2, -0.15) is 5.26 Å². The molecule has 2 heteroatoms. The van der Waals surface area contributed by atoms with Crippen molar-refractivity contribution < 1.29 is 4.74 Å². The standard InChI is InChI=1S/C16H23NO/c1-2-3-4-5-6-9-14-18-16-11-8-7-10-15(16)12-13-17/h7-8,10-11H,2-6,9,12,14H2,1H3. The van der Waals surface area contributed by atoms with Gasteiger partial charge in [-0.25, -0.2) is 0 Å². The van der Waals surface area contributed by atoms with Gasteiger partial charge in [-0.05, 0) is 12.5 Å². The number of nitriles is 1. The number of rotatable bonds is 9. The monoisotopic (exact) mass is 245 g/mol. The number of hydrogen-bond acceptors (Lipinski definition) is 2. The molecule has 0 amide bonds. The predicted octanol–water partition coefficient (Wildman–Crippen LogP) is 4.49. The second-order valence-corrected chi connectivity index (χ2v) is 4.56. The van der Waals surface area contributed by atoms with Crippen molar-refractivity contribution in [2.45, 2.75) is 51.9 Å². The molecule has 0 aliphatic heterocycles. The fourth-order valence-corrected chi connectivity index (χ4v) is 1.94. The number of nitrogens with zero attached hydrogens (tertiary/aromatic N) is 1. The fraction of sp³-hybridized carbons (Fsp3) is 0.562. The van der Waals surface area contributed by atoms with E-state index in [0.717, 1.165) is 24.3 Å². The fourth-order valence-electron chi connectivity index (χ4n) is 1.94. The van der Waals surface area contributed by atoms with E-state index in [1.54, 1.807) is 0 Å². The lowest BCUT2D eigenvalue weighted by atomic mass is 10.1. The highest BCUT2D eigenvalue weighted by Crippen LogP contribution is 2.18. The number of para-hydroxylation sites is 1. The van der Waals surface area contributed by atoms with Gasteiger partial charge < -0.3 is 4.74 Å². The van der Waals surface area contributed by atoms with Gasteiger partial charge in [0, 0.05) is 5.56 Å². The highest BCUT2D eigenvalue weighted by atomic mass is 16.5. The molecule has 1 aromatic rings. The minimum absolute atomic E-state index is 0.423. The van der Waals surface area contributed by atoms with Crippen LogP contribution in [-0.4, -0.2) is 6.61 Å². The van der Waals surface area contributed by atoms with Gasteiger partial charge in [-0.15, -0.1) is 0 Å². The van der Waals surface area contributed by atoms with Crippen molar-refractivity contribution in [2.24, 2.45) is 0 Å². The van der Waals surface area contributed by atoms with Crippen molar-refractivity contribution in [3.63, 3.8) is 0 Å². The van der Waals surface area contributed by atoms with Crippen molar-refractivity contribution in [1.82, 2.24) is 0 Å². The summed E-state index contributed by atoms with van der Waals surface area (Å²) in [6, 6.07) is 9.98. The summed E-state index contributed by atoms with van der Waals surface area (Å²) < 4.78 is 5.75. The van der Waals surface area contributed by atoms with E-state index in [-0.39, 0.29) is 0 Å². The first-order chi connectivity index (χ1) is 8.88. The Morgan fingerprint density at radius 1 is 1.06 bits per heavy atom. The molecule has 2 nitrogen and oxygen atoms in total. The lowest BCUT2D eigenvalue weighted by Gasteiger charge is -2.09. The third-order valence-electron chi connectivity index (χ3n) is 3.00. The Balaban J connectivity index is 2.21. The molecule has 0 fully saturated rings. The summed E-state index contributed by atoms with van der Waals surface area (Å²) >= 11 is 0. The molecule has 18 heavy (non-hydrogen) atoms. The molecule has 0 atom stereocenters. The van der Waals surface area contributed by atoms with Gasteiger partial charge in [0.25, 0.3) is 0 Å². The Bertz CT molecular complexity index is 368. The van der Waals surface area contributed by atoms with Gasteiger partial charge in [-0.1, -0.05) is 57.2 Å². The lowest BCUT2D eigenvalue weighted by molar-refractivity contribution is 0.302. The van der Waals surface area contributed by atoms with Crippen LogP contribution in [0.3, 0.4) is 0 Å².